The van der Waals surface area contributed by atoms with Crippen molar-refractivity contribution in [1.29, 1.82) is 0 Å². The van der Waals surface area contributed by atoms with Gasteiger partial charge in [-0.3, -0.25) is 0 Å². The van der Waals surface area contributed by atoms with Gasteiger partial charge in [-0.2, -0.15) is 0 Å². The van der Waals surface area contributed by atoms with Gasteiger partial charge in [0, 0.05) is 0 Å². The second-order valence-corrected chi connectivity index (χ2v) is 6.82. The Labute approximate surface area is 85.4 Å². The molecule has 82 valence electrons. The molecule has 5 heteroatoms. The number of nitrogens with one attached hydrogen (secondary N) is 1. The van der Waals surface area contributed by atoms with E-state index in [0.29, 0.717) is 11.5 Å². The molecule has 14 heavy (non-hydrogen) atoms. The highest BCUT2D eigenvalue weighted by molar-refractivity contribution is 7.91. The fourth-order valence-corrected chi connectivity index (χ4v) is 4.82. The summed E-state index contributed by atoms with van der Waals surface area (Å²) in [6.07, 6.45) is 3.81. The molecule has 2 aliphatic heterocycles. The van der Waals surface area contributed by atoms with Gasteiger partial charge in [0.1, 0.15) is 11.5 Å². The van der Waals surface area contributed by atoms with Crippen molar-refractivity contribution in [2.24, 2.45) is 0 Å². The van der Waals surface area contributed by atoms with Crippen molar-refractivity contribution in [1.82, 2.24) is 0 Å². The summed E-state index contributed by atoms with van der Waals surface area (Å²) in [4.78, 5) is 1.48. The van der Waals surface area contributed by atoms with E-state index in [2.05, 4.69) is 5.73 Å². The van der Waals surface area contributed by atoms with Crippen molar-refractivity contribution >= 4 is 9.84 Å². The van der Waals surface area contributed by atoms with E-state index in [1.165, 1.54) is 24.2 Å². The Morgan fingerprint density at radius 3 is 2.21 bits per heavy atom. The van der Waals surface area contributed by atoms with Gasteiger partial charge in [-0.05, 0) is 19.3 Å². The van der Waals surface area contributed by atoms with Crippen LogP contribution in [0.25, 0.3) is 0 Å². The van der Waals surface area contributed by atoms with Gasteiger partial charge in [0.2, 0.25) is 0 Å². The van der Waals surface area contributed by atoms with E-state index in [4.69, 9.17) is 0 Å². The van der Waals surface area contributed by atoms with Gasteiger partial charge in [0.25, 0.3) is 0 Å². The molecule has 0 radical (unpaired) electrons. The zero-order valence-corrected chi connectivity index (χ0v) is 9.35. The lowest BCUT2D eigenvalue weighted by Crippen LogP contribution is -3.19. The van der Waals surface area contributed by atoms with Crippen LogP contribution in [-0.4, -0.2) is 45.1 Å². The Morgan fingerprint density at radius 2 is 1.71 bits per heavy atom. The topological polar surface area (TPSA) is 66.2 Å². The molecule has 0 amide bonds. The predicted molar refractivity (Wildman–Crippen MR) is 53.7 cm³/mol. The van der Waals surface area contributed by atoms with E-state index in [0.717, 1.165) is 13.1 Å². The summed E-state index contributed by atoms with van der Waals surface area (Å²) in [5.74, 6) is 0.678. The number of rotatable bonds is 1. The van der Waals surface area contributed by atoms with Gasteiger partial charge in [-0.25, -0.2) is 8.42 Å². The normalized spacial score (nSPS) is 38.6. The lowest BCUT2D eigenvalue weighted by molar-refractivity contribution is -0.936. The van der Waals surface area contributed by atoms with Crippen LogP contribution < -0.4 is 10.6 Å². The zero-order chi connectivity index (χ0) is 10.2. The number of quaternary nitrogens is 2. The van der Waals surface area contributed by atoms with Crippen LogP contribution in [0, 0.1) is 0 Å². The average Bonchev–Trinajstić information content (AvgIpc) is 2.41. The Hall–Kier alpha value is -0.130. The summed E-state index contributed by atoms with van der Waals surface area (Å²) in [5, 5.41) is 0. The molecule has 2 aliphatic rings. The van der Waals surface area contributed by atoms with Gasteiger partial charge in [-0.1, -0.05) is 0 Å². The zero-order valence-electron chi connectivity index (χ0n) is 8.54. The van der Waals surface area contributed by atoms with Crippen LogP contribution in [0.4, 0.5) is 0 Å². The Morgan fingerprint density at radius 1 is 1.07 bits per heavy atom. The number of hydrogen-bond acceptors (Lipinski definition) is 2. The highest BCUT2D eigenvalue weighted by Gasteiger charge is 2.44. The van der Waals surface area contributed by atoms with Crippen molar-refractivity contribution in [3.63, 3.8) is 0 Å². The van der Waals surface area contributed by atoms with Crippen LogP contribution in [-0.2, 0) is 9.84 Å². The molecule has 0 aromatic rings. The maximum atomic E-state index is 11.4. The standard InChI is InChI=1S/C9H18N2O2S/c10-8-6-14(12,13)7-9(8)11-4-2-1-3-5-11/h8-9H,1-7,10H2/p+2/t8-,9-/m0/s1. The third kappa shape index (κ3) is 2.10. The number of hydrogen-bond donors (Lipinski definition) is 2. The summed E-state index contributed by atoms with van der Waals surface area (Å²) in [6, 6.07) is 0.397. The minimum Gasteiger partial charge on any atom is -0.349 e. The second-order valence-electron chi connectivity index (χ2n) is 4.66. The fraction of sp³-hybridized carbons (Fsp3) is 1.00. The molecule has 0 spiro atoms. The highest BCUT2D eigenvalue weighted by atomic mass is 32.2. The molecule has 0 unspecified atom stereocenters. The molecule has 0 bridgehead atoms. The van der Waals surface area contributed by atoms with Crippen molar-refractivity contribution in [2.45, 2.75) is 31.3 Å². The highest BCUT2D eigenvalue weighted by Crippen LogP contribution is 2.08. The van der Waals surface area contributed by atoms with Crippen molar-refractivity contribution in [3.8, 4) is 0 Å². The lowest BCUT2D eigenvalue weighted by Gasteiger charge is -2.29. The van der Waals surface area contributed by atoms with Gasteiger partial charge >= 0.3 is 0 Å². The predicted octanol–water partition coefficient (Wildman–Crippen LogP) is -2.54. The SMILES string of the molecule is [NH3+][C@H]1CS(=O)(=O)C[C@@H]1[NH+]1CCCCC1. The smallest absolute Gasteiger partial charge is 0.162 e. The van der Waals surface area contributed by atoms with Crippen LogP contribution in [0.3, 0.4) is 0 Å². The number of sulfone groups is 1. The molecule has 2 heterocycles. The Bertz CT molecular complexity index is 296. The summed E-state index contributed by atoms with van der Waals surface area (Å²) in [7, 11) is -2.78. The van der Waals surface area contributed by atoms with Crippen molar-refractivity contribution < 1.29 is 19.1 Å². The molecular formula is C9H20N2O2S+2. The monoisotopic (exact) mass is 220 g/mol. The number of piperidine rings is 1. The largest absolute Gasteiger partial charge is 0.349 e. The summed E-state index contributed by atoms with van der Waals surface area (Å²) < 4.78 is 22.9. The maximum absolute atomic E-state index is 11.4. The summed E-state index contributed by atoms with van der Waals surface area (Å²) in [5.41, 5.74) is 3.99. The minimum atomic E-state index is -2.78. The van der Waals surface area contributed by atoms with Crippen LogP contribution in [0.5, 0.6) is 0 Å². The second kappa shape index (κ2) is 3.79. The van der Waals surface area contributed by atoms with Crippen LogP contribution in [0.15, 0.2) is 0 Å². The molecule has 4 N–H and O–H groups in total. The first kappa shape index (κ1) is 10.4. The molecule has 4 nitrogen and oxygen atoms in total. The third-order valence-corrected chi connectivity index (χ3v) is 5.29. The van der Waals surface area contributed by atoms with Crippen molar-refractivity contribution in [2.75, 3.05) is 24.6 Å². The van der Waals surface area contributed by atoms with Crippen LogP contribution >= 0.6 is 0 Å². The Balaban J connectivity index is 2.04. The van der Waals surface area contributed by atoms with Crippen molar-refractivity contribution in [3.05, 3.63) is 0 Å². The van der Waals surface area contributed by atoms with Crippen LogP contribution in [0.2, 0.25) is 0 Å². The first-order chi connectivity index (χ1) is 6.58. The summed E-state index contributed by atoms with van der Waals surface area (Å²) >= 11 is 0. The molecule has 2 fully saturated rings. The molecule has 2 atom stereocenters. The number of likely N-dealkylation sites (tertiary alicyclic amines) is 1. The van der Waals surface area contributed by atoms with Gasteiger partial charge in [0.15, 0.2) is 21.9 Å². The quantitative estimate of drug-likeness (QED) is 0.511. The fourth-order valence-electron chi connectivity index (χ4n) is 2.75. The van der Waals surface area contributed by atoms with E-state index < -0.39 is 9.84 Å². The third-order valence-electron chi connectivity index (χ3n) is 3.49. The molecule has 0 aromatic heterocycles. The first-order valence-corrected chi connectivity index (χ1v) is 7.29. The average molecular weight is 220 g/mol. The molecule has 2 rings (SSSR count). The van der Waals surface area contributed by atoms with E-state index in [1.807, 2.05) is 0 Å². The molecular weight excluding hydrogens is 200 g/mol. The van der Waals surface area contributed by atoms with Gasteiger partial charge in [-0.15, -0.1) is 0 Å². The van der Waals surface area contributed by atoms with E-state index in [-0.39, 0.29) is 12.1 Å². The minimum absolute atomic E-state index is 0.119. The molecule has 0 aliphatic carbocycles. The van der Waals surface area contributed by atoms with Crippen LogP contribution in [0.1, 0.15) is 19.3 Å². The van der Waals surface area contributed by atoms with E-state index in [1.54, 1.807) is 0 Å². The van der Waals surface area contributed by atoms with Gasteiger partial charge in [0.05, 0.1) is 13.1 Å². The van der Waals surface area contributed by atoms with E-state index in [9.17, 15) is 8.42 Å². The molecule has 0 aromatic carbocycles. The maximum Gasteiger partial charge on any atom is 0.162 e. The lowest BCUT2D eigenvalue weighted by atomic mass is 10.1. The van der Waals surface area contributed by atoms with E-state index >= 15 is 0 Å². The molecule has 0 saturated carbocycles. The summed E-state index contributed by atoms with van der Waals surface area (Å²) in [6.45, 7) is 2.29. The first-order valence-electron chi connectivity index (χ1n) is 5.46. The van der Waals surface area contributed by atoms with Gasteiger partial charge < -0.3 is 10.6 Å². The molecule has 2 saturated heterocycles. The Kier molecular flexibility index (Phi) is 2.81.